The molecule has 1 N–H and O–H groups in total. The van der Waals surface area contributed by atoms with Crippen molar-refractivity contribution in [1.29, 1.82) is 0 Å². The van der Waals surface area contributed by atoms with Crippen molar-refractivity contribution in [1.82, 2.24) is 0 Å². The van der Waals surface area contributed by atoms with Crippen LogP contribution in [0, 0.1) is 20.8 Å². The number of carbonyl (C=O) groups excluding carboxylic acids is 2. The normalized spacial score (nSPS) is 11.8. The summed E-state index contributed by atoms with van der Waals surface area (Å²) >= 11 is 0. The third kappa shape index (κ3) is 3.26. The predicted molar refractivity (Wildman–Crippen MR) is 77.5 cm³/mol. The average molecular weight is 276 g/mol. The summed E-state index contributed by atoms with van der Waals surface area (Å²) in [6.45, 7) is 8.84. The fraction of sp³-hybridized carbons (Fsp3) is 0.375. The van der Waals surface area contributed by atoms with E-state index in [9.17, 15) is 14.7 Å². The highest BCUT2D eigenvalue weighted by molar-refractivity contribution is 6.41. The highest BCUT2D eigenvalue weighted by atomic mass is 16.5. The number of ether oxygens (including phenoxy) is 1. The molecule has 0 atom stereocenters. The number of aliphatic hydroxyl groups is 1. The molecule has 0 aliphatic rings. The van der Waals surface area contributed by atoms with Gasteiger partial charge in [-0.25, -0.2) is 4.79 Å². The van der Waals surface area contributed by atoms with E-state index in [0.717, 1.165) is 16.7 Å². The van der Waals surface area contributed by atoms with Crippen molar-refractivity contribution < 1.29 is 19.4 Å². The number of benzene rings is 1. The highest BCUT2D eigenvalue weighted by Crippen LogP contribution is 2.25. The molecule has 4 heteroatoms. The zero-order valence-electron chi connectivity index (χ0n) is 12.5. The number of rotatable bonds is 4. The van der Waals surface area contributed by atoms with Crippen molar-refractivity contribution in [3.63, 3.8) is 0 Å². The molecule has 4 nitrogen and oxygen atoms in total. The monoisotopic (exact) mass is 276 g/mol. The molecule has 0 amide bonds. The summed E-state index contributed by atoms with van der Waals surface area (Å²) in [6.07, 6.45) is 0. The molecule has 0 fully saturated rings. The van der Waals surface area contributed by atoms with Crippen molar-refractivity contribution in [2.75, 3.05) is 6.61 Å². The molecule has 108 valence electrons. The molecular weight excluding hydrogens is 256 g/mol. The van der Waals surface area contributed by atoms with Gasteiger partial charge in [0.05, 0.1) is 6.61 Å². The Labute approximate surface area is 119 Å². The molecule has 0 spiro atoms. The van der Waals surface area contributed by atoms with Crippen molar-refractivity contribution in [2.45, 2.75) is 34.6 Å². The lowest BCUT2D eigenvalue weighted by atomic mass is 9.95. The van der Waals surface area contributed by atoms with Gasteiger partial charge in [-0.1, -0.05) is 17.7 Å². The maximum Gasteiger partial charge on any atom is 0.379 e. The zero-order valence-corrected chi connectivity index (χ0v) is 12.5. The first kappa shape index (κ1) is 16.0. The van der Waals surface area contributed by atoms with Gasteiger partial charge in [0, 0.05) is 11.1 Å². The van der Waals surface area contributed by atoms with Gasteiger partial charge in [0.25, 0.3) is 5.78 Å². The number of hydrogen-bond donors (Lipinski definition) is 1. The lowest BCUT2D eigenvalue weighted by Crippen LogP contribution is -2.19. The molecule has 1 aromatic rings. The molecular formula is C16H20O4. The van der Waals surface area contributed by atoms with Crippen LogP contribution in [0.1, 0.15) is 36.1 Å². The third-order valence-electron chi connectivity index (χ3n) is 3.07. The SMILES string of the molecule is CCOC(=O)C(=O)/C(C)=C(\O)c1c(C)cc(C)cc1C. The Morgan fingerprint density at radius 2 is 1.65 bits per heavy atom. The first-order valence-electron chi connectivity index (χ1n) is 6.49. The Hall–Kier alpha value is -2.10. The van der Waals surface area contributed by atoms with Gasteiger partial charge in [-0.3, -0.25) is 4.79 Å². The molecule has 0 bridgehead atoms. The molecule has 0 heterocycles. The Morgan fingerprint density at radius 1 is 1.15 bits per heavy atom. The zero-order chi connectivity index (χ0) is 15.4. The Bertz CT molecular complexity index is 559. The van der Waals surface area contributed by atoms with E-state index in [1.165, 1.54) is 6.92 Å². The second kappa shape index (κ2) is 6.37. The van der Waals surface area contributed by atoms with Crippen LogP contribution in [0.4, 0.5) is 0 Å². The van der Waals surface area contributed by atoms with Crippen molar-refractivity contribution in [3.05, 3.63) is 40.0 Å². The van der Waals surface area contributed by atoms with Crippen LogP contribution in [0.25, 0.3) is 5.76 Å². The molecule has 0 saturated heterocycles. The van der Waals surface area contributed by atoms with Gasteiger partial charge >= 0.3 is 5.97 Å². The quantitative estimate of drug-likeness (QED) is 0.397. The van der Waals surface area contributed by atoms with Crippen molar-refractivity contribution in [2.24, 2.45) is 0 Å². The van der Waals surface area contributed by atoms with E-state index in [-0.39, 0.29) is 17.9 Å². The van der Waals surface area contributed by atoms with Crippen molar-refractivity contribution >= 4 is 17.5 Å². The van der Waals surface area contributed by atoms with E-state index < -0.39 is 11.8 Å². The van der Waals surface area contributed by atoms with Crippen LogP contribution >= 0.6 is 0 Å². The van der Waals surface area contributed by atoms with Gasteiger partial charge in [-0.2, -0.15) is 0 Å². The molecule has 0 aliphatic heterocycles. The number of aryl methyl sites for hydroxylation is 3. The minimum Gasteiger partial charge on any atom is -0.507 e. The number of aliphatic hydroxyl groups excluding tert-OH is 1. The first-order valence-corrected chi connectivity index (χ1v) is 6.49. The smallest absolute Gasteiger partial charge is 0.379 e. The average Bonchev–Trinajstić information content (AvgIpc) is 2.35. The maximum absolute atomic E-state index is 11.8. The summed E-state index contributed by atoms with van der Waals surface area (Å²) in [5.74, 6) is -1.93. The van der Waals surface area contributed by atoms with Crippen LogP contribution in [-0.4, -0.2) is 23.5 Å². The van der Waals surface area contributed by atoms with E-state index in [1.54, 1.807) is 6.92 Å². The molecule has 0 unspecified atom stereocenters. The van der Waals surface area contributed by atoms with Gasteiger partial charge in [-0.15, -0.1) is 0 Å². The summed E-state index contributed by atoms with van der Waals surface area (Å²) in [4.78, 5) is 23.3. The lowest BCUT2D eigenvalue weighted by molar-refractivity contribution is -0.151. The minimum atomic E-state index is -0.945. The number of hydrogen-bond acceptors (Lipinski definition) is 4. The fourth-order valence-electron chi connectivity index (χ4n) is 2.20. The number of Topliss-reactive ketones (excluding diaryl/α,β-unsaturated/α-hetero) is 1. The van der Waals surface area contributed by atoms with E-state index in [4.69, 9.17) is 0 Å². The van der Waals surface area contributed by atoms with Crippen LogP contribution in [0.5, 0.6) is 0 Å². The Morgan fingerprint density at radius 3 is 2.10 bits per heavy atom. The largest absolute Gasteiger partial charge is 0.507 e. The second-order valence-corrected chi connectivity index (χ2v) is 4.80. The molecule has 20 heavy (non-hydrogen) atoms. The van der Waals surface area contributed by atoms with Gasteiger partial charge in [0.2, 0.25) is 0 Å². The van der Waals surface area contributed by atoms with Crippen LogP contribution in [0.3, 0.4) is 0 Å². The van der Waals surface area contributed by atoms with Crippen LogP contribution in [0.15, 0.2) is 17.7 Å². The molecule has 0 saturated carbocycles. The van der Waals surface area contributed by atoms with E-state index in [0.29, 0.717) is 5.56 Å². The van der Waals surface area contributed by atoms with Crippen LogP contribution < -0.4 is 0 Å². The van der Waals surface area contributed by atoms with E-state index in [2.05, 4.69) is 4.74 Å². The summed E-state index contributed by atoms with van der Waals surface area (Å²) in [5, 5.41) is 10.3. The van der Waals surface area contributed by atoms with Gasteiger partial charge < -0.3 is 9.84 Å². The molecule has 1 rings (SSSR count). The van der Waals surface area contributed by atoms with Crippen molar-refractivity contribution in [3.8, 4) is 0 Å². The first-order chi connectivity index (χ1) is 9.29. The Kier molecular flexibility index (Phi) is 5.08. The molecule has 0 aromatic heterocycles. The van der Waals surface area contributed by atoms with Gasteiger partial charge in [-0.05, 0) is 45.7 Å². The second-order valence-electron chi connectivity index (χ2n) is 4.80. The highest BCUT2D eigenvalue weighted by Gasteiger charge is 2.22. The number of carbonyl (C=O) groups is 2. The molecule has 0 radical (unpaired) electrons. The third-order valence-corrected chi connectivity index (χ3v) is 3.07. The number of ketones is 1. The number of esters is 1. The fourth-order valence-corrected chi connectivity index (χ4v) is 2.20. The standard InChI is InChI=1S/C16H20O4/c1-6-20-16(19)15(18)12(5)14(17)13-10(3)7-9(2)8-11(13)4/h7-8,17H,6H2,1-5H3/b14-12-. The Balaban J connectivity index is 3.28. The van der Waals surface area contributed by atoms with Crippen LogP contribution in [-0.2, 0) is 14.3 Å². The van der Waals surface area contributed by atoms with Gasteiger partial charge in [0.15, 0.2) is 0 Å². The summed E-state index contributed by atoms with van der Waals surface area (Å²) in [6, 6.07) is 3.83. The summed E-state index contributed by atoms with van der Waals surface area (Å²) in [5.41, 5.74) is 3.38. The molecule has 1 aromatic carbocycles. The van der Waals surface area contributed by atoms with Gasteiger partial charge in [0.1, 0.15) is 5.76 Å². The maximum atomic E-state index is 11.8. The molecule has 0 aliphatic carbocycles. The lowest BCUT2D eigenvalue weighted by Gasteiger charge is -2.12. The minimum absolute atomic E-state index is 0.00139. The van der Waals surface area contributed by atoms with E-state index in [1.807, 2.05) is 32.9 Å². The summed E-state index contributed by atoms with van der Waals surface area (Å²) < 4.78 is 4.66. The predicted octanol–water partition coefficient (Wildman–Crippen LogP) is 3.03. The van der Waals surface area contributed by atoms with Crippen LogP contribution in [0.2, 0.25) is 0 Å². The van der Waals surface area contributed by atoms with E-state index >= 15 is 0 Å². The topological polar surface area (TPSA) is 63.6 Å². The summed E-state index contributed by atoms with van der Waals surface area (Å²) in [7, 11) is 0.